The lowest BCUT2D eigenvalue weighted by molar-refractivity contribution is -0.384. The first kappa shape index (κ1) is 17.6. The third kappa shape index (κ3) is 4.06. The van der Waals surface area contributed by atoms with Gasteiger partial charge in [-0.2, -0.15) is 4.68 Å². The van der Waals surface area contributed by atoms with Crippen molar-refractivity contribution < 1.29 is 4.92 Å². The van der Waals surface area contributed by atoms with E-state index in [4.69, 9.17) is 5.84 Å². The Balaban J connectivity index is 1.72. The van der Waals surface area contributed by atoms with Crippen molar-refractivity contribution in [1.29, 1.82) is 0 Å². The van der Waals surface area contributed by atoms with Crippen molar-refractivity contribution in [2.75, 3.05) is 5.84 Å². The highest BCUT2D eigenvalue weighted by atomic mass is 32.2. The zero-order valence-corrected chi connectivity index (χ0v) is 14.4. The molecule has 0 atom stereocenters. The number of hydrogen-bond acceptors (Lipinski definition) is 7. The molecule has 2 aromatic carbocycles. The van der Waals surface area contributed by atoms with Crippen LogP contribution in [0.4, 0.5) is 5.69 Å². The summed E-state index contributed by atoms with van der Waals surface area (Å²) in [7, 11) is 0. The van der Waals surface area contributed by atoms with Gasteiger partial charge in [0.05, 0.1) is 4.92 Å². The van der Waals surface area contributed by atoms with E-state index in [1.165, 1.54) is 23.9 Å². The van der Waals surface area contributed by atoms with Gasteiger partial charge in [0.1, 0.15) is 5.69 Å². The third-order valence-corrected chi connectivity index (χ3v) is 4.67. The number of nitrogens with zero attached hydrogens (tertiary/aromatic N) is 4. The average Bonchev–Trinajstić information content (AvgIpc) is 2.66. The zero-order chi connectivity index (χ0) is 18.5. The van der Waals surface area contributed by atoms with Gasteiger partial charge in [-0.15, -0.1) is 10.2 Å². The van der Waals surface area contributed by atoms with E-state index in [1.807, 2.05) is 30.3 Å². The van der Waals surface area contributed by atoms with Crippen LogP contribution in [0.2, 0.25) is 0 Å². The standard InChI is InChI=1S/C17H15N5O3S/c18-21-16(23)15(10-12-4-2-1-3-5-12)19-20-17(21)26-11-13-6-8-14(9-7-13)22(24)25/h1-9H,10-11,18H2. The molecule has 0 saturated heterocycles. The van der Waals surface area contributed by atoms with Crippen LogP contribution < -0.4 is 11.4 Å². The maximum atomic E-state index is 12.4. The lowest BCUT2D eigenvalue weighted by Gasteiger charge is -2.07. The van der Waals surface area contributed by atoms with Crippen molar-refractivity contribution in [1.82, 2.24) is 14.9 Å². The average molecular weight is 369 g/mol. The van der Waals surface area contributed by atoms with Gasteiger partial charge < -0.3 is 5.84 Å². The minimum atomic E-state index is -0.453. The normalized spacial score (nSPS) is 10.6. The van der Waals surface area contributed by atoms with Crippen LogP contribution in [0.1, 0.15) is 16.8 Å². The summed E-state index contributed by atoms with van der Waals surface area (Å²) in [5.74, 6) is 6.32. The molecular formula is C17H15N5O3S. The molecule has 0 radical (unpaired) electrons. The lowest BCUT2D eigenvalue weighted by atomic mass is 10.1. The van der Waals surface area contributed by atoms with E-state index < -0.39 is 10.5 Å². The Bertz CT molecular complexity index is 974. The van der Waals surface area contributed by atoms with Crippen LogP contribution in [0.15, 0.2) is 64.5 Å². The first-order chi connectivity index (χ1) is 12.5. The van der Waals surface area contributed by atoms with Crippen molar-refractivity contribution >= 4 is 17.4 Å². The maximum Gasteiger partial charge on any atom is 0.294 e. The van der Waals surface area contributed by atoms with Crippen LogP contribution in [0.5, 0.6) is 0 Å². The summed E-state index contributed by atoms with van der Waals surface area (Å²) < 4.78 is 0.987. The first-order valence-electron chi connectivity index (χ1n) is 7.68. The highest BCUT2D eigenvalue weighted by Crippen LogP contribution is 2.20. The third-order valence-electron chi connectivity index (χ3n) is 3.66. The molecule has 3 aromatic rings. The minimum absolute atomic E-state index is 0.0274. The van der Waals surface area contributed by atoms with Gasteiger partial charge in [0, 0.05) is 24.3 Å². The van der Waals surface area contributed by atoms with Gasteiger partial charge in [0.25, 0.3) is 11.2 Å². The van der Waals surface area contributed by atoms with E-state index in [2.05, 4.69) is 10.2 Å². The quantitative estimate of drug-likeness (QED) is 0.306. The highest BCUT2D eigenvalue weighted by molar-refractivity contribution is 7.98. The van der Waals surface area contributed by atoms with Crippen LogP contribution in [0.25, 0.3) is 0 Å². The number of thioether (sulfide) groups is 1. The summed E-state index contributed by atoms with van der Waals surface area (Å²) >= 11 is 1.24. The van der Waals surface area contributed by atoms with Gasteiger partial charge in [-0.25, -0.2) is 0 Å². The predicted molar refractivity (Wildman–Crippen MR) is 98.3 cm³/mol. The molecule has 0 amide bonds. The second-order valence-electron chi connectivity index (χ2n) is 5.48. The second-order valence-corrected chi connectivity index (χ2v) is 6.42. The Morgan fingerprint density at radius 1 is 1.04 bits per heavy atom. The molecule has 1 aromatic heterocycles. The van der Waals surface area contributed by atoms with Crippen molar-refractivity contribution in [3.05, 3.63) is 91.9 Å². The summed E-state index contributed by atoms with van der Waals surface area (Å²) in [5, 5.41) is 19.0. The Morgan fingerprint density at radius 3 is 2.38 bits per heavy atom. The molecule has 1 heterocycles. The predicted octanol–water partition coefficient (Wildman–Crippen LogP) is 2.14. The van der Waals surface area contributed by atoms with Crippen LogP contribution in [-0.4, -0.2) is 19.8 Å². The molecule has 0 aliphatic rings. The summed E-state index contributed by atoms with van der Waals surface area (Å²) in [6.45, 7) is 0. The molecule has 0 saturated carbocycles. The van der Waals surface area contributed by atoms with E-state index in [9.17, 15) is 14.9 Å². The molecule has 0 bridgehead atoms. The van der Waals surface area contributed by atoms with Crippen LogP contribution in [0, 0.1) is 10.1 Å². The Hall–Kier alpha value is -3.20. The molecule has 3 rings (SSSR count). The molecule has 0 fully saturated rings. The fourth-order valence-corrected chi connectivity index (χ4v) is 3.09. The number of aromatic nitrogens is 3. The van der Waals surface area contributed by atoms with E-state index >= 15 is 0 Å². The molecule has 2 N–H and O–H groups in total. The van der Waals surface area contributed by atoms with Crippen molar-refractivity contribution in [2.45, 2.75) is 17.3 Å². The number of nitro benzene ring substituents is 1. The molecule has 26 heavy (non-hydrogen) atoms. The van der Waals surface area contributed by atoms with Gasteiger partial charge >= 0.3 is 0 Å². The first-order valence-corrected chi connectivity index (χ1v) is 8.67. The van der Waals surface area contributed by atoms with Crippen molar-refractivity contribution in [2.24, 2.45) is 0 Å². The van der Waals surface area contributed by atoms with Crippen molar-refractivity contribution in [3.8, 4) is 0 Å². The number of hydrogen-bond donors (Lipinski definition) is 1. The molecule has 0 spiro atoms. The molecule has 8 nitrogen and oxygen atoms in total. The van der Waals surface area contributed by atoms with E-state index in [1.54, 1.807) is 12.1 Å². The molecule has 0 aliphatic heterocycles. The van der Waals surface area contributed by atoms with E-state index in [0.29, 0.717) is 12.2 Å². The monoisotopic (exact) mass is 369 g/mol. The van der Waals surface area contributed by atoms with Crippen LogP contribution in [0.3, 0.4) is 0 Å². The van der Waals surface area contributed by atoms with Crippen LogP contribution in [-0.2, 0) is 12.2 Å². The Morgan fingerprint density at radius 2 is 1.73 bits per heavy atom. The minimum Gasteiger partial charge on any atom is -0.334 e. The lowest BCUT2D eigenvalue weighted by Crippen LogP contribution is -2.33. The van der Waals surface area contributed by atoms with Crippen molar-refractivity contribution in [3.63, 3.8) is 0 Å². The van der Waals surface area contributed by atoms with Gasteiger partial charge in [-0.05, 0) is 11.1 Å². The summed E-state index contributed by atoms with van der Waals surface area (Å²) in [6, 6.07) is 15.6. The number of benzene rings is 2. The van der Waals surface area contributed by atoms with Gasteiger partial charge in [0.15, 0.2) is 0 Å². The topological polar surface area (TPSA) is 117 Å². The van der Waals surface area contributed by atoms with Gasteiger partial charge in [-0.3, -0.25) is 14.9 Å². The smallest absolute Gasteiger partial charge is 0.294 e. The Labute approximate surface area is 152 Å². The molecular weight excluding hydrogens is 354 g/mol. The molecule has 9 heteroatoms. The summed E-state index contributed by atoms with van der Waals surface area (Å²) in [6.07, 6.45) is 0.358. The molecule has 132 valence electrons. The number of nitrogen functional groups attached to an aromatic ring is 1. The van der Waals surface area contributed by atoms with Gasteiger partial charge in [0.2, 0.25) is 5.16 Å². The maximum absolute atomic E-state index is 12.4. The highest BCUT2D eigenvalue weighted by Gasteiger charge is 2.12. The zero-order valence-electron chi connectivity index (χ0n) is 13.6. The fourth-order valence-electron chi connectivity index (χ4n) is 2.28. The largest absolute Gasteiger partial charge is 0.334 e. The van der Waals surface area contributed by atoms with E-state index in [0.717, 1.165) is 15.8 Å². The van der Waals surface area contributed by atoms with Crippen LogP contribution >= 0.6 is 11.8 Å². The Kier molecular flexibility index (Phi) is 5.28. The van der Waals surface area contributed by atoms with E-state index in [-0.39, 0.29) is 16.5 Å². The second kappa shape index (κ2) is 7.79. The fraction of sp³-hybridized carbons (Fsp3) is 0.118. The molecule has 0 unspecified atom stereocenters. The summed E-state index contributed by atoms with van der Waals surface area (Å²) in [5.41, 5.74) is 1.71. The number of non-ortho nitro benzene ring substituents is 1. The number of nitrogens with two attached hydrogens (primary N) is 1. The number of rotatable bonds is 6. The van der Waals surface area contributed by atoms with Gasteiger partial charge in [-0.1, -0.05) is 54.2 Å². The summed E-state index contributed by atoms with van der Waals surface area (Å²) in [4.78, 5) is 22.6. The molecule has 0 aliphatic carbocycles. The number of nitro groups is 1. The SMILES string of the molecule is Nn1c(SCc2ccc([N+](=O)[O-])cc2)nnc(Cc2ccccc2)c1=O.